The van der Waals surface area contributed by atoms with Gasteiger partial charge in [-0.2, -0.15) is 12.7 Å². The molecule has 1 heterocycles. The summed E-state index contributed by atoms with van der Waals surface area (Å²) in [6, 6.07) is 8.19. The first kappa shape index (κ1) is 16.8. The third-order valence-corrected chi connectivity index (χ3v) is 4.84. The molecule has 2 aromatic rings. The van der Waals surface area contributed by atoms with Crippen molar-refractivity contribution in [2.24, 2.45) is 0 Å². The van der Waals surface area contributed by atoms with Gasteiger partial charge in [-0.1, -0.05) is 29.3 Å². The summed E-state index contributed by atoms with van der Waals surface area (Å²) in [4.78, 5) is 0. The monoisotopic (exact) mass is 361 g/mol. The Kier molecular flexibility index (Phi) is 5.07. The van der Waals surface area contributed by atoms with Crippen LogP contribution in [0.4, 0.5) is 17.3 Å². The van der Waals surface area contributed by atoms with Gasteiger partial charge in [0.15, 0.2) is 11.6 Å². The van der Waals surface area contributed by atoms with E-state index in [0.717, 1.165) is 4.31 Å². The number of benzene rings is 1. The molecule has 1 aromatic heterocycles. The van der Waals surface area contributed by atoms with Gasteiger partial charge >= 0.3 is 10.2 Å². The molecule has 0 amide bonds. The molecule has 0 unspecified atom stereocenters. The average Bonchev–Trinajstić information content (AvgIpc) is 2.45. The quantitative estimate of drug-likeness (QED) is 0.854. The van der Waals surface area contributed by atoms with Gasteiger partial charge in [0.1, 0.15) is 0 Å². The number of aromatic nitrogens is 2. The Bertz CT molecular complexity index is 766. The second kappa shape index (κ2) is 6.66. The van der Waals surface area contributed by atoms with Crippen LogP contribution >= 0.6 is 23.2 Å². The molecule has 7 nitrogen and oxygen atoms in total. The number of hydrogen-bond acceptors (Lipinski definition) is 5. The van der Waals surface area contributed by atoms with E-state index in [4.69, 9.17) is 23.2 Å². The number of anilines is 3. The van der Waals surface area contributed by atoms with Gasteiger partial charge in [0.25, 0.3) is 0 Å². The predicted molar refractivity (Wildman–Crippen MR) is 88.0 cm³/mol. The molecular formula is C12H13Cl2N5O2S. The average molecular weight is 362 g/mol. The second-order valence-electron chi connectivity index (χ2n) is 4.42. The van der Waals surface area contributed by atoms with E-state index in [1.54, 1.807) is 24.3 Å². The lowest BCUT2D eigenvalue weighted by atomic mass is 10.3. The van der Waals surface area contributed by atoms with E-state index >= 15 is 0 Å². The molecule has 0 aliphatic heterocycles. The standard InChI is InChI=1S/C12H13Cl2N5O2S/c1-19(2)22(20,21)18-11-7-6-10(16-17-11)15-9-5-3-4-8(13)12(9)14/h3-7H,1-2H3,(H,15,16)(H,17,18). The summed E-state index contributed by atoms with van der Waals surface area (Å²) >= 11 is 12.0. The maximum atomic E-state index is 11.7. The van der Waals surface area contributed by atoms with Crippen molar-refractivity contribution in [2.45, 2.75) is 0 Å². The molecule has 118 valence electrons. The van der Waals surface area contributed by atoms with Crippen LogP contribution in [-0.4, -0.2) is 37.0 Å². The van der Waals surface area contributed by atoms with Gasteiger partial charge in [0.2, 0.25) is 0 Å². The van der Waals surface area contributed by atoms with E-state index in [1.807, 2.05) is 0 Å². The first-order chi connectivity index (χ1) is 10.3. The van der Waals surface area contributed by atoms with E-state index in [1.165, 1.54) is 20.2 Å². The van der Waals surface area contributed by atoms with E-state index < -0.39 is 10.2 Å². The maximum absolute atomic E-state index is 11.7. The molecule has 2 rings (SSSR count). The van der Waals surface area contributed by atoms with E-state index in [0.29, 0.717) is 21.6 Å². The van der Waals surface area contributed by atoms with Crippen LogP contribution in [0, 0.1) is 0 Å². The number of nitrogens with one attached hydrogen (secondary N) is 2. The lowest BCUT2D eigenvalue weighted by Gasteiger charge is -2.12. The van der Waals surface area contributed by atoms with Crippen LogP contribution in [0.15, 0.2) is 30.3 Å². The lowest BCUT2D eigenvalue weighted by Crippen LogP contribution is -2.29. The fourth-order valence-electron chi connectivity index (χ4n) is 1.42. The van der Waals surface area contributed by atoms with Gasteiger partial charge < -0.3 is 5.32 Å². The van der Waals surface area contributed by atoms with Crippen molar-refractivity contribution in [1.82, 2.24) is 14.5 Å². The Labute approximate surface area is 138 Å². The summed E-state index contributed by atoms with van der Waals surface area (Å²) in [6.45, 7) is 0. The van der Waals surface area contributed by atoms with Gasteiger partial charge in [0, 0.05) is 14.1 Å². The van der Waals surface area contributed by atoms with Crippen molar-refractivity contribution in [3.63, 3.8) is 0 Å². The van der Waals surface area contributed by atoms with E-state index in [-0.39, 0.29) is 5.82 Å². The van der Waals surface area contributed by atoms with Gasteiger partial charge in [-0.15, -0.1) is 10.2 Å². The zero-order valence-electron chi connectivity index (χ0n) is 11.7. The minimum absolute atomic E-state index is 0.108. The summed E-state index contributed by atoms with van der Waals surface area (Å²) in [7, 11) is -0.794. The van der Waals surface area contributed by atoms with Crippen LogP contribution in [0.5, 0.6) is 0 Å². The Morgan fingerprint density at radius 1 is 1.05 bits per heavy atom. The van der Waals surface area contributed by atoms with Gasteiger partial charge in [-0.3, -0.25) is 4.72 Å². The Balaban J connectivity index is 2.14. The number of hydrogen-bond donors (Lipinski definition) is 2. The van der Waals surface area contributed by atoms with Crippen LogP contribution in [0.3, 0.4) is 0 Å². The summed E-state index contributed by atoms with van der Waals surface area (Å²) in [5.41, 5.74) is 0.574. The normalized spacial score (nSPS) is 11.5. The minimum Gasteiger partial charge on any atom is -0.337 e. The van der Waals surface area contributed by atoms with Crippen molar-refractivity contribution in [3.05, 3.63) is 40.4 Å². The zero-order valence-corrected chi connectivity index (χ0v) is 14.0. The van der Waals surface area contributed by atoms with E-state index in [2.05, 4.69) is 20.2 Å². The highest BCUT2D eigenvalue weighted by molar-refractivity contribution is 7.90. The number of rotatable bonds is 5. The largest absolute Gasteiger partial charge is 0.337 e. The molecule has 22 heavy (non-hydrogen) atoms. The first-order valence-electron chi connectivity index (χ1n) is 6.04. The van der Waals surface area contributed by atoms with Crippen molar-refractivity contribution < 1.29 is 8.42 Å². The summed E-state index contributed by atoms with van der Waals surface area (Å²) in [6.07, 6.45) is 0. The maximum Gasteiger partial charge on any atom is 0.302 e. The van der Waals surface area contributed by atoms with Crippen LogP contribution < -0.4 is 10.0 Å². The van der Waals surface area contributed by atoms with Gasteiger partial charge in [-0.05, 0) is 24.3 Å². The summed E-state index contributed by atoms with van der Waals surface area (Å²) < 4.78 is 26.6. The fourth-order valence-corrected chi connectivity index (χ4v) is 2.32. The molecule has 0 bridgehead atoms. The lowest BCUT2D eigenvalue weighted by molar-refractivity contribution is 0.526. The van der Waals surface area contributed by atoms with Gasteiger partial charge in [0.05, 0.1) is 15.7 Å². The zero-order chi connectivity index (χ0) is 16.3. The van der Waals surface area contributed by atoms with Crippen LogP contribution in [0.25, 0.3) is 0 Å². The molecule has 0 spiro atoms. The fraction of sp³-hybridized carbons (Fsp3) is 0.167. The molecule has 0 saturated heterocycles. The van der Waals surface area contributed by atoms with Crippen LogP contribution in [-0.2, 0) is 10.2 Å². The molecule has 2 N–H and O–H groups in total. The molecule has 10 heteroatoms. The first-order valence-corrected chi connectivity index (χ1v) is 8.24. The molecule has 0 radical (unpaired) electrons. The molecular weight excluding hydrogens is 349 g/mol. The molecule has 0 aliphatic carbocycles. The Morgan fingerprint density at radius 3 is 2.27 bits per heavy atom. The second-order valence-corrected chi connectivity index (χ2v) is 7.09. The predicted octanol–water partition coefficient (Wildman–Crippen LogP) is 2.75. The Hall–Kier alpha value is -1.61. The SMILES string of the molecule is CN(C)S(=O)(=O)Nc1ccc(Nc2cccc(Cl)c2Cl)nn1. The number of nitrogens with zero attached hydrogens (tertiary/aromatic N) is 3. The van der Waals surface area contributed by atoms with Crippen molar-refractivity contribution >= 4 is 50.7 Å². The Morgan fingerprint density at radius 2 is 1.68 bits per heavy atom. The molecule has 0 saturated carbocycles. The third kappa shape index (κ3) is 3.98. The molecule has 0 atom stereocenters. The molecule has 1 aromatic carbocycles. The van der Waals surface area contributed by atoms with Crippen LogP contribution in [0.1, 0.15) is 0 Å². The third-order valence-electron chi connectivity index (χ3n) is 2.59. The highest BCUT2D eigenvalue weighted by Gasteiger charge is 2.14. The molecule has 0 fully saturated rings. The minimum atomic E-state index is -3.61. The number of halogens is 2. The van der Waals surface area contributed by atoms with Crippen molar-refractivity contribution in [2.75, 3.05) is 24.1 Å². The smallest absolute Gasteiger partial charge is 0.302 e. The summed E-state index contributed by atoms with van der Waals surface area (Å²) in [5.74, 6) is 0.508. The molecule has 0 aliphatic rings. The highest BCUT2D eigenvalue weighted by atomic mass is 35.5. The summed E-state index contributed by atoms with van der Waals surface area (Å²) in [5, 5.41) is 11.4. The van der Waals surface area contributed by atoms with Crippen LogP contribution in [0.2, 0.25) is 10.0 Å². The highest BCUT2D eigenvalue weighted by Crippen LogP contribution is 2.31. The van der Waals surface area contributed by atoms with Crippen molar-refractivity contribution in [1.29, 1.82) is 0 Å². The van der Waals surface area contributed by atoms with Crippen molar-refractivity contribution in [3.8, 4) is 0 Å². The topological polar surface area (TPSA) is 87.2 Å². The van der Waals surface area contributed by atoms with Gasteiger partial charge in [-0.25, -0.2) is 0 Å². The van der Waals surface area contributed by atoms with E-state index in [9.17, 15) is 8.42 Å².